The molecule has 15 heavy (non-hydrogen) atoms. The van der Waals surface area contributed by atoms with E-state index in [0.717, 1.165) is 17.7 Å². The van der Waals surface area contributed by atoms with E-state index in [4.69, 9.17) is 5.73 Å². The van der Waals surface area contributed by atoms with Gasteiger partial charge >= 0.3 is 0 Å². The van der Waals surface area contributed by atoms with Gasteiger partial charge < -0.3 is 5.73 Å². The second kappa shape index (κ2) is 3.83. The summed E-state index contributed by atoms with van der Waals surface area (Å²) in [7, 11) is 0. The third-order valence-electron chi connectivity index (χ3n) is 2.85. The summed E-state index contributed by atoms with van der Waals surface area (Å²) in [5, 5.41) is 0. The number of nitrogens with two attached hydrogens (primary N) is 1. The van der Waals surface area contributed by atoms with Gasteiger partial charge in [0.15, 0.2) is 0 Å². The Hall–Kier alpha value is -0.480. The van der Waals surface area contributed by atoms with Crippen LogP contribution in [0, 0.1) is 0 Å². The molecule has 0 bridgehead atoms. The highest BCUT2D eigenvalue weighted by molar-refractivity contribution is 7.12. The maximum atomic E-state index is 12.6. The molecular formula is C11H15F2NS. The van der Waals surface area contributed by atoms with Crippen LogP contribution in [-0.4, -0.2) is 12.0 Å². The zero-order valence-electron chi connectivity index (χ0n) is 8.72. The molecule has 1 aliphatic carbocycles. The highest BCUT2D eigenvalue weighted by atomic mass is 32.1. The molecule has 0 saturated carbocycles. The second-order valence-corrected chi connectivity index (χ2v) is 5.72. The number of hydrogen-bond acceptors (Lipinski definition) is 2. The van der Waals surface area contributed by atoms with Gasteiger partial charge in [-0.3, -0.25) is 0 Å². The molecule has 0 spiro atoms. The Morgan fingerprint density at radius 1 is 1.53 bits per heavy atom. The number of fused-ring (bicyclic) bond motifs is 1. The highest BCUT2D eigenvalue weighted by Crippen LogP contribution is 2.32. The third kappa shape index (κ3) is 2.21. The minimum absolute atomic E-state index is 0.280. The van der Waals surface area contributed by atoms with Crippen LogP contribution in [0.4, 0.5) is 8.78 Å². The first-order valence-electron chi connectivity index (χ1n) is 5.16. The molecule has 1 heterocycles. The van der Waals surface area contributed by atoms with E-state index in [1.165, 1.54) is 23.8 Å². The smallest absolute Gasteiger partial charge is 0.256 e. The van der Waals surface area contributed by atoms with Crippen LogP contribution in [0.2, 0.25) is 0 Å². The fraction of sp³-hybridized carbons (Fsp3) is 0.636. The lowest BCUT2D eigenvalue weighted by Gasteiger charge is -2.22. The van der Waals surface area contributed by atoms with Gasteiger partial charge in [0.1, 0.15) is 0 Å². The molecule has 0 saturated heterocycles. The summed E-state index contributed by atoms with van der Waals surface area (Å²) in [6, 6.07) is 2.06. The lowest BCUT2D eigenvalue weighted by atomic mass is 9.99. The van der Waals surface area contributed by atoms with Crippen molar-refractivity contribution >= 4 is 11.3 Å². The molecule has 1 aromatic rings. The van der Waals surface area contributed by atoms with Crippen LogP contribution < -0.4 is 5.73 Å². The summed E-state index contributed by atoms with van der Waals surface area (Å²) in [4.78, 5) is 2.38. The van der Waals surface area contributed by atoms with Crippen LogP contribution >= 0.6 is 11.3 Å². The van der Waals surface area contributed by atoms with E-state index in [9.17, 15) is 8.78 Å². The molecule has 1 unspecified atom stereocenters. The first kappa shape index (κ1) is 11.0. The molecule has 0 amide bonds. The minimum Gasteiger partial charge on any atom is -0.320 e. The van der Waals surface area contributed by atoms with Gasteiger partial charge in [-0.1, -0.05) is 0 Å². The van der Waals surface area contributed by atoms with E-state index >= 15 is 0 Å². The first-order valence-corrected chi connectivity index (χ1v) is 5.98. The molecule has 4 heteroatoms. The predicted octanol–water partition coefficient (Wildman–Crippen LogP) is 2.76. The van der Waals surface area contributed by atoms with Gasteiger partial charge in [-0.25, -0.2) is 8.78 Å². The first-order chi connectivity index (χ1) is 6.99. The molecule has 1 aromatic heterocycles. The molecule has 0 radical (unpaired) electrons. The molecule has 2 N–H and O–H groups in total. The highest BCUT2D eigenvalue weighted by Gasteiger charge is 2.31. The third-order valence-corrected chi connectivity index (χ3v) is 4.09. The van der Waals surface area contributed by atoms with E-state index in [1.807, 2.05) is 0 Å². The Balaban J connectivity index is 2.11. The standard InChI is InChI=1S/C11H15F2NS/c1-11(14,10(12)13)6-8-5-7-3-2-4-9(7)15-8/h5,10H,2-4,6,14H2,1H3. The zero-order chi connectivity index (χ0) is 11.1. The van der Waals surface area contributed by atoms with Crippen molar-refractivity contribution in [3.05, 3.63) is 21.4 Å². The predicted molar refractivity (Wildman–Crippen MR) is 58.6 cm³/mol. The largest absolute Gasteiger partial charge is 0.320 e. The van der Waals surface area contributed by atoms with Crippen LogP contribution in [-0.2, 0) is 19.3 Å². The number of rotatable bonds is 3. The Morgan fingerprint density at radius 3 is 2.87 bits per heavy atom. The lowest BCUT2D eigenvalue weighted by Crippen LogP contribution is -2.45. The van der Waals surface area contributed by atoms with Crippen LogP contribution in [0.25, 0.3) is 0 Å². The van der Waals surface area contributed by atoms with Crippen molar-refractivity contribution in [2.75, 3.05) is 0 Å². The van der Waals surface area contributed by atoms with E-state index < -0.39 is 12.0 Å². The van der Waals surface area contributed by atoms with Gasteiger partial charge in [0.05, 0.1) is 5.54 Å². The molecule has 0 fully saturated rings. The fourth-order valence-electron chi connectivity index (χ4n) is 1.93. The average Bonchev–Trinajstić information content (AvgIpc) is 2.62. The summed E-state index contributed by atoms with van der Waals surface area (Å²) in [5.41, 5.74) is 5.52. The summed E-state index contributed by atoms with van der Waals surface area (Å²) in [6.07, 6.45) is 1.23. The van der Waals surface area contributed by atoms with E-state index in [-0.39, 0.29) is 6.42 Å². The maximum absolute atomic E-state index is 12.6. The number of halogens is 2. The van der Waals surface area contributed by atoms with Crippen molar-refractivity contribution in [3.63, 3.8) is 0 Å². The van der Waals surface area contributed by atoms with Crippen LogP contribution in [0.1, 0.15) is 28.7 Å². The van der Waals surface area contributed by atoms with Crippen LogP contribution in [0.3, 0.4) is 0 Å². The van der Waals surface area contributed by atoms with Gasteiger partial charge in [-0.05, 0) is 37.8 Å². The van der Waals surface area contributed by atoms with Crippen molar-refractivity contribution in [2.45, 2.75) is 44.6 Å². The van der Waals surface area contributed by atoms with E-state index in [0.29, 0.717) is 0 Å². The number of alkyl halides is 2. The molecule has 1 nitrogen and oxygen atoms in total. The number of thiophene rings is 1. The summed E-state index contributed by atoms with van der Waals surface area (Å²) in [5.74, 6) is 0. The molecular weight excluding hydrogens is 216 g/mol. The monoisotopic (exact) mass is 231 g/mol. The zero-order valence-corrected chi connectivity index (χ0v) is 9.54. The Bertz CT molecular complexity index is 336. The summed E-state index contributed by atoms with van der Waals surface area (Å²) >= 11 is 1.65. The quantitative estimate of drug-likeness (QED) is 0.850. The Morgan fingerprint density at radius 2 is 2.27 bits per heavy atom. The molecule has 1 aliphatic rings. The van der Waals surface area contributed by atoms with E-state index in [2.05, 4.69) is 6.07 Å². The Labute approximate surface area is 92.3 Å². The van der Waals surface area contributed by atoms with Gasteiger partial charge in [-0.15, -0.1) is 11.3 Å². The van der Waals surface area contributed by atoms with Crippen molar-refractivity contribution in [1.82, 2.24) is 0 Å². The van der Waals surface area contributed by atoms with Crippen molar-refractivity contribution < 1.29 is 8.78 Å². The molecule has 0 aromatic carbocycles. The van der Waals surface area contributed by atoms with Crippen molar-refractivity contribution in [1.29, 1.82) is 0 Å². The average molecular weight is 231 g/mol. The summed E-state index contributed by atoms with van der Waals surface area (Å²) in [6.45, 7) is 1.42. The SMILES string of the molecule is CC(N)(Cc1cc2c(s1)CCC2)C(F)F. The minimum atomic E-state index is -2.46. The van der Waals surface area contributed by atoms with Crippen LogP contribution in [0.5, 0.6) is 0 Å². The van der Waals surface area contributed by atoms with Gasteiger partial charge in [0.2, 0.25) is 0 Å². The van der Waals surface area contributed by atoms with Crippen LogP contribution in [0.15, 0.2) is 6.07 Å². The summed E-state index contributed by atoms with van der Waals surface area (Å²) < 4.78 is 25.2. The number of hydrogen-bond donors (Lipinski definition) is 1. The molecule has 2 rings (SSSR count). The maximum Gasteiger partial charge on any atom is 0.256 e. The second-order valence-electron chi connectivity index (χ2n) is 4.50. The van der Waals surface area contributed by atoms with Gasteiger partial charge in [0.25, 0.3) is 6.43 Å². The topological polar surface area (TPSA) is 26.0 Å². The van der Waals surface area contributed by atoms with Gasteiger partial charge in [-0.2, -0.15) is 0 Å². The van der Waals surface area contributed by atoms with Gasteiger partial charge in [0, 0.05) is 16.2 Å². The lowest BCUT2D eigenvalue weighted by molar-refractivity contribution is 0.0643. The van der Waals surface area contributed by atoms with Crippen molar-refractivity contribution in [3.8, 4) is 0 Å². The molecule has 0 aliphatic heterocycles. The van der Waals surface area contributed by atoms with E-state index in [1.54, 1.807) is 11.3 Å². The molecule has 1 atom stereocenters. The van der Waals surface area contributed by atoms with Crippen molar-refractivity contribution in [2.24, 2.45) is 5.73 Å². The number of aryl methyl sites for hydroxylation is 2. The molecule has 84 valence electrons. The Kier molecular flexibility index (Phi) is 2.81. The fourth-order valence-corrected chi connectivity index (χ4v) is 3.37. The normalized spacial score (nSPS) is 19.3.